The van der Waals surface area contributed by atoms with Gasteiger partial charge in [-0.2, -0.15) is 0 Å². The van der Waals surface area contributed by atoms with Crippen LogP contribution in [0.4, 0.5) is 0 Å². The molecule has 148 valence electrons. The average Bonchev–Trinajstić information content (AvgIpc) is 2.73. The van der Waals surface area contributed by atoms with Gasteiger partial charge in [-0.3, -0.25) is 9.59 Å². The molecule has 1 unspecified atom stereocenters. The number of carbonyl (C=O) groups is 2. The first-order valence-electron chi connectivity index (χ1n) is 9.41. The van der Waals surface area contributed by atoms with Crippen molar-refractivity contribution in [2.24, 2.45) is 5.41 Å². The number of ether oxygens (including phenoxy) is 2. The Morgan fingerprint density at radius 1 is 1.07 bits per heavy atom. The molecule has 1 atom stereocenters. The molecule has 28 heavy (non-hydrogen) atoms. The standard InChI is InChI=1S/C22H25NO5/c1-16(20(24)23-15-22(21(25)26)11-13-27-14-12-22)28-19-9-7-18(8-10-19)17-5-3-2-4-6-17/h2-10,16H,11-15H2,1H3,(H,23,24)(H,25,26). The molecule has 1 aliphatic rings. The number of nitrogens with one attached hydrogen (secondary N) is 1. The molecule has 2 aromatic rings. The molecule has 1 heterocycles. The van der Waals surface area contributed by atoms with Crippen LogP contribution in [0.1, 0.15) is 19.8 Å². The fraction of sp³-hybridized carbons (Fsp3) is 0.364. The highest BCUT2D eigenvalue weighted by Gasteiger charge is 2.40. The van der Waals surface area contributed by atoms with Crippen molar-refractivity contribution in [2.75, 3.05) is 19.8 Å². The van der Waals surface area contributed by atoms with E-state index in [2.05, 4.69) is 5.32 Å². The van der Waals surface area contributed by atoms with Crippen LogP contribution < -0.4 is 10.1 Å². The van der Waals surface area contributed by atoms with Crippen LogP contribution in [0.2, 0.25) is 0 Å². The molecule has 2 aromatic carbocycles. The Bertz CT molecular complexity index is 797. The lowest BCUT2D eigenvalue weighted by atomic mass is 9.80. The lowest BCUT2D eigenvalue weighted by molar-refractivity contribution is -0.155. The van der Waals surface area contributed by atoms with E-state index in [4.69, 9.17) is 9.47 Å². The maximum Gasteiger partial charge on any atom is 0.311 e. The summed E-state index contributed by atoms with van der Waals surface area (Å²) in [7, 11) is 0. The molecule has 3 rings (SSSR count). The highest BCUT2D eigenvalue weighted by molar-refractivity contribution is 5.82. The van der Waals surface area contributed by atoms with E-state index >= 15 is 0 Å². The molecule has 0 bridgehead atoms. The predicted molar refractivity (Wildman–Crippen MR) is 105 cm³/mol. The van der Waals surface area contributed by atoms with Gasteiger partial charge in [0.05, 0.1) is 5.41 Å². The van der Waals surface area contributed by atoms with Gasteiger partial charge in [-0.1, -0.05) is 42.5 Å². The molecular weight excluding hydrogens is 358 g/mol. The summed E-state index contributed by atoms with van der Waals surface area (Å²) in [6.45, 7) is 2.51. The Labute approximate surface area is 164 Å². The molecule has 1 amide bonds. The molecule has 1 fully saturated rings. The van der Waals surface area contributed by atoms with Crippen LogP contribution >= 0.6 is 0 Å². The summed E-state index contributed by atoms with van der Waals surface area (Å²) in [4.78, 5) is 24.0. The van der Waals surface area contributed by atoms with Gasteiger partial charge in [-0.25, -0.2) is 0 Å². The van der Waals surface area contributed by atoms with Gasteiger partial charge in [0.15, 0.2) is 6.10 Å². The average molecular weight is 383 g/mol. The van der Waals surface area contributed by atoms with E-state index in [0.29, 0.717) is 31.8 Å². The second-order valence-corrected chi connectivity index (χ2v) is 7.07. The predicted octanol–water partition coefficient (Wildman–Crippen LogP) is 3.12. The summed E-state index contributed by atoms with van der Waals surface area (Å²) in [5, 5.41) is 12.3. The summed E-state index contributed by atoms with van der Waals surface area (Å²) in [5.41, 5.74) is 1.20. The number of hydrogen-bond acceptors (Lipinski definition) is 4. The van der Waals surface area contributed by atoms with Crippen molar-refractivity contribution in [3.8, 4) is 16.9 Å². The molecule has 6 heteroatoms. The molecule has 1 saturated heterocycles. The molecule has 0 spiro atoms. The van der Waals surface area contributed by atoms with Gasteiger partial charge in [0.25, 0.3) is 5.91 Å². The second-order valence-electron chi connectivity index (χ2n) is 7.07. The van der Waals surface area contributed by atoms with Gasteiger partial charge in [-0.05, 0) is 43.0 Å². The first-order valence-corrected chi connectivity index (χ1v) is 9.41. The van der Waals surface area contributed by atoms with Gasteiger partial charge in [0.2, 0.25) is 0 Å². The van der Waals surface area contributed by atoms with Crippen LogP contribution in [0, 0.1) is 5.41 Å². The van der Waals surface area contributed by atoms with E-state index in [1.54, 1.807) is 6.92 Å². The Hall–Kier alpha value is -2.86. The zero-order valence-corrected chi connectivity index (χ0v) is 15.9. The van der Waals surface area contributed by atoms with Crippen LogP contribution in [0.25, 0.3) is 11.1 Å². The fourth-order valence-electron chi connectivity index (χ4n) is 3.24. The number of carboxylic acid groups (broad SMARTS) is 1. The van der Waals surface area contributed by atoms with Crippen LogP contribution in [-0.4, -0.2) is 42.8 Å². The molecule has 1 aliphatic heterocycles. The third kappa shape index (κ3) is 4.70. The zero-order chi connectivity index (χ0) is 20.0. The number of carbonyl (C=O) groups excluding carboxylic acids is 1. The lowest BCUT2D eigenvalue weighted by Crippen LogP contribution is -2.48. The maximum atomic E-state index is 12.4. The van der Waals surface area contributed by atoms with E-state index in [-0.39, 0.29) is 12.5 Å². The minimum Gasteiger partial charge on any atom is -0.481 e. The summed E-state index contributed by atoms with van der Waals surface area (Å²) < 4.78 is 11.0. The van der Waals surface area contributed by atoms with Crippen molar-refractivity contribution in [1.82, 2.24) is 5.32 Å². The minimum atomic E-state index is -0.967. The molecule has 0 aromatic heterocycles. The molecular formula is C22H25NO5. The van der Waals surface area contributed by atoms with Crippen LogP contribution in [0.15, 0.2) is 54.6 Å². The molecule has 0 saturated carbocycles. The number of amides is 1. The summed E-state index contributed by atoms with van der Waals surface area (Å²) in [5.74, 6) is -0.651. The van der Waals surface area contributed by atoms with Crippen molar-refractivity contribution in [3.63, 3.8) is 0 Å². The quantitative estimate of drug-likeness (QED) is 0.767. The Morgan fingerprint density at radius 2 is 1.68 bits per heavy atom. The molecule has 6 nitrogen and oxygen atoms in total. The third-order valence-electron chi connectivity index (χ3n) is 5.15. The first kappa shape index (κ1) is 19.9. The Balaban J connectivity index is 1.56. The van der Waals surface area contributed by atoms with Crippen molar-refractivity contribution in [2.45, 2.75) is 25.9 Å². The van der Waals surface area contributed by atoms with E-state index in [1.807, 2.05) is 54.6 Å². The normalized spacial score (nSPS) is 16.8. The van der Waals surface area contributed by atoms with E-state index < -0.39 is 17.5 Å². The minimum absolute atomic E-state index is 0.0746. The summed E-state index contributed by atoms with van der Waals surface area (Å²) >= 11 is 0. The smallest absolute Gasteiger partial charge is 0.311 e. The lowest BCUT2D eigenvalue weighted by Gasteiger charge is -2.33. The van der Waals surface area contributed by atoms with E-state index in [9.17, 15) is 14.7 Å². The zero-order valence-electron chi connectivity index (χ0n) is 15.9. The van der Waals surface area contributed by atoms with Crippen LogP contribution in [0.5, 0.6) is 5.75 Å². The van der Waals surface area contributed by atoms with Gasteiger partial charge >= 0.3 is 5.97 Å². The largest absolute Gasteiger partial charge is 0.481 e. The van der Waals surface area contributed by atoms with Crippen molar-refractivity contribution in [1.29, 1.82) is 0 Å². The van der Waals surface area contributed by atoms with E-state index in [0.717, 1.165) is 11.1 Å². The fourth-order valence-corrected chi connectivity index (χ4v) is 3.24. The summed E-state index contributed by atoms with van der Waals surface area (Å²) in [6, 6.07) is 17.5. The SMILES string of the molecule is CC(Oc1ccc(-c2ccccc2)cc1)C(=O)NCC1(C(=O)O)CCOCC1. The molecule has 2 N–H and O–H groups in total. The topological polar surface area (TPSA) is 84.9 Å². The maximum absolute atomic E-state index is 12.4. The highest BCUT2D eigenvalue weighted by atomic mass is 16.5. The third-order valence-corrected chi connectivity index (χ3v) is 5.15. The van der Waals surface area contributed by atoms with Crippen LogP contribution in [-0.2, 0) is 14.3 Å². The number of rotatable bonds is 7. The van der Waals surface area contributed by atoms with Gasteiger partial charge < -0.3 is 19.9 Å². The van der Waals surface area contributed by atoms with E-state index in [1.165, 1.54) is 0 Å². The first-order chi connectivity index (χ1) is 13.5. The van der Waals surface area contributed by atoms with Gasteiger partial charge in [-0.15, -0.1) is 0 Å². The van der Waals surface area contributed by atoms with Crippen molar-refractivity contribution >= 4 is 11.9 Å². The molecule has 0 aliphatic carbocycles. The number of aliphatic carboxylic acids is 1. The second kappa shape index (κ2) is 8.89. The van der Waals surface area contributed by atoms with Gasteiger partial charge in [0.1, 0.15) is 5.75 Å². The monoisotopic (exact) mass is 383 g/mol. The van der Waals surface area contributed by atoms with Crippen molar-refractivity contribution < 1.29 is 24.2 Å². The Kier molecular flexibility index (Phi) is 6.31. The van der Waals surface area contributed by atoms with Crippen LogP contribution in [0.3, 0.4) is 0 Å². The van der Waals surface area contributed by atoms with Gasteiger partial charge in [0, 0.05) is 19.8 Å². The number of carboxylic acids is 1. The number of benzene rings is 2. The highest BCUT2D eigenvalue weighted by Crippen LogP contribution is 2.30. The number of hydrogen-bond donors (Lipinski definition) is 2. The molecule has 0 radical (unpaired) electrons. The summed E-state index contributed by atoms with van der Waals surface area (Å²) in [6.07, 6.45) is 0.0469. The Morgan fingerprint density at radius 3 is 2.29 bits per heavy atom. The van der Waals surface area contributed by atoms with Crippen molar-refractivity contribution in [3.05, 3.63) is 54.6 Å².